The summed E-state index contributed by atoms with van der Waals surface area (Å²) in [5.41, 5.74) is 6.02. The predicted molar refractivity (Wildman–Crippen MR) is 161 cm³/mol. The lowest BCUT2D eigenvalue weighted by molar-refractivity contribution is 0.0742. The summed E-state index contributed by atoms with van der Waals surface area (Å²) in [7, 11) is 0. The van der Waals surface area contributed by atoms with E-state index in [1.165, 1.54) is 41.1 Å². The zero-order valence-corrected chi connectivity index (χ0v) is 24.6. The Morgan fingerprint density at radius 2 is 1.82 bits per heavy atom. The largest absolute Gasteiger partial charge is 0.361 e. The molecule has 0 atom stereocenters. The smallest absolute Gasteiger partial charge is 0.255 e. The number of pyridine rings is 1. The van der Waals surface area contributed by atoms with Gasteiger partial charge in [0.2, 0.25) is 0 Å². The molecule has 0 bridgehead atoms. The third-order valence-electron chi connectivity index (χ3n) is 8.61. The van der Waals surface area contributed by atoms with Crippen LogP contribution >= 0.6 is 11.3 Å². The second-order valence-electron chi connectivity index (χ2n) is 11.2. The summed E-state index contributed by atoms with van der Waals surface area (Å²) in [4.78, 5) is 34.8. The van der Waals surface area contributed by atoms with Crippen LogP contribution in [0.1, 0.15) is 75.8 Å². The van der Waals surface area contributed by atoms with E-state index in [1.807, 2.05) is 36.2 Å². The molecule has 1 fully saturated rings. The molecule has 0 unspecified atom stereocenters. The maximum absolute atomic E-state index is 13.6. The zero-order valence-electron chi connectivity index (χ0n) is 23.8. The molecule has 2 N–H and O–H groups in total. The highest BCUT2D eigenvalue weighted by atomic mass is 32.1. The number of amides is 1. The molecule has 0 spiro atoms. The summed E-state index contributed by atoms with van der Waals surface area (Å²) in [5.74, 6) is 0.127. The van der Waals surface area contributed by atoms with Crippen LogP contribution in [0.15, 0.2) is 41.2 Å². The van der Waals surface area contributed by atoms with Crippen molar-refractivity contribution in [1.29, 1.82) is 0 Å². The van der Waals surface area contributed by atoms with Crippen LogP contribution < -0.4 is 15.8 Å². The number of nitrogens with zero attached hydrogens (tertiary/aromatic N) is 2. The highest BCUT2D eigenvalue weighted by Crippen LogP contribution is 2.41. The predicted octanol–water partition coefficient (Wildman–Crippen LogP) is 5.53. The number of H-pyrrole nitrogens is 1. The number of benzene rings is 1. The van der Waals surface area contributed by atoms with Crippen molar-refractivity contribution in [3.63, 3.8) is 0 Å². The molecule has 3 heterocycles. The molecule has 3 aromatic rings. The van der Waals surface area contributed by atoms with Gasteiger partial charge in [0.05, 0.1) is 10.6 Å². The molecule has 1 aliphatic carbocycles. The third-order valence-corrected chi connectivity index (χ3v) is 10.00. The van der Waals surface area contributed by atoms with Crippen molar-refractivity contribution in [3.05, 3.63) is 85.1 Å². The molecule has 1 saturated carbocycles. The lowest BCUT2D eigenvalue weighted by Gasteiger charge is -2.38. The normalized spacial score (nSPS) is 19.3. The molecule has 2 aliphatic rings. The fourth-order valence-corrected chi connectivity index (χ4v) is 7.88. The van der Waals surface area contributed by atoms with E-state index in [-0.39, 0.29) is 11.5 Å². The van der Waals surface area contributed by atoms with E-state index >= 15 is 0 Å². The van der Waals surface area contributed by atoms with Gasteiger partial charge in [0.25, 0.3) is 11.5 Å². The molecule has 6 nitrogen and oxygen atoms in total. The topological polar surface area (TPSA) is 68.4 Å². The number of aromatic amines is 1. The Kier molecular flexibility index (Phi) is 8.57. The number of aryl methyl sites for hydroxylation is 2. The minimum atomic E-state index is -0.0322. The maximum atomic E-state index is 13.6. The van der Waals surface area contributed by atoms with Crippen LogP contribution in [-0.2, 0) is 19.4 Å². The molecule has 1 aliphatic heterocycles. The summed E-state index contributed by atoms with van der Waals surface area (Å²) in [6, 6.07) is 13.7. The van der Waals surface area contributed by atoms with Crippen LogP contribution in [0, 0.1) is 20.8 Å². The second-order valence-corrected chi connectivity index (χ2v) is 12.3. The minimum Gasteiger partial charge on any atom is -0.361 e. The number of fused-ring (bicyclic) bond motifs is 1. The molecule has 7 heteroatoms. The number of aromatic nitrogens is 1. The van der Waals surface area contributed by atoms with Gasteiger partial charge >= 0.3 is 0 Å². The third kappa shape index (κ3) is 5.99. The average Bonchev–Trinajstić information content (AvgIpc) is 3.26. The highest BCUT2D eigenvalue weighted by Gasteiger charge is 2.33. The standard InChI is InChI=1S/C32H42N4O2S/c1-5-36(26-13-11-25(12-14-26)33-20-24-9-7-6-8-10-24)32-23(4)29-28(39-32)16-18-35(31(29)38)17-15-27-21(2)19-22(3)34-30(27)37/h6-10,19,25-26,33H,5,11-18,20H2,1-4H3,(H,34,37). The number of carbonyl (C=O) groups is 1. The Balaban J connectivity index is 1.23. The van der Waals surface area contributed by atoms with Crippen LogP contribution in [0.5, 0.6) is 0 Å². The van der Waals surface area contributed by atoms with Gasteiger partial charge in [0.1, 0.15) is 0 Å². The van der Waals surface area contributed by atoms with Gasteiger partial charge in [0, 0.05) is 60.8 Å². The molecular formula is C32H42N4O2S. The number of anilines is 1. The Hall–Kier alpha value is -2.90. The molecule has 208 valence electrons. The quantitative estimate of drug-likeness (QED) is 0.370. The first-order valence-corrected chi connectivity index (χ1v) is 15.3. The van der Waals surface area contributed by atoms with Crippen molar-refractivity contribution in [2.75, 3.05) is 24.5 Å². The van der Waals surface area contributed by atoms with Crippen molar-refractivity contribution in [2.45, 2.75) is 84.8 Å². The molecular weight excluding hydrogens is 504 g/mol. The van der Waals surface area contributed by atoms with Crippen molar-refractivity contribution in [2.24, 2.45) is 0 Å². The Labute approximate surface area is 236 Å². The number of hydrogen-bond donors (Lipinski definition) is 2. The van der Waals surface area contributed by atoms with E-state index in [1.54, 1.807) is 0 Å². The first-order chi connectivity index (χ1) is 18.9. The van der Waals surface area contributed by atoms with Gasteiger partial charge in [-0.2, -0.15) is 0 Å². The van der Waals surface area contributed by atoms with Crippen LogP contribution in [0.4, 0.5) is 5.00 Å². The van der Waals surface area contributed by atoms with E-state index < -0.39 is 0 Å². The number of nitrogens with one attached hydrogen (secondary N) is 2. The Bertz CT molecular complexity index is 1350. The van der Waals surface area contributed by atoms with Gasteiger partial charge in [-0.25, -0.2) is 0 Å². The summed E-state index contributed by atoms with van der Waals surface area (Å²) >= 11 is 1.83. The van der Waals surface area contributed by atoms with Crippen LogP contribution in [-0.4, -0.2) is 47.5 Å². The monoisotopic (exact) mass is 546 g/mol. The lowest BCUT2D eigenvalue weighted by Crippen LogP contribution is -2.42. The minimum absolute atomic E-state index is 0.0322. The lowest BCUT2D eigenvalue weighted by atomic mass is 9.89. The molecule has 5 rings (SSSR count). The number of rotatable bonds is 9. The van der Waals surface area contributed by atoms with Gasteiger partial charge in [-0.3, -0.25) is 9.59 Å². The molecule has 39 heavy (non-hydrogen) atoms. The van der Waals surface area contributed by atoms with Gasteiger partial charge in [-0.15, -0.1) is 11.3 Å². The van der Waals surface area contributed by atoms with Crippen molar-refractivity contribution in [3.8, 4) is 0 Å². The Morgan fingerprint density at radius 3 is 2.51 bits per heavy atom. The first-order valence-electron chi connectivity index (χ1n) is 14.5. The van der Waals surface area contributed by atoms with Crippen molar-refractivity contribution in [1.82, 2.24) is 15.2 Å². The van der Waals surface area contributed by atoms with E-state index in [4.69, 9.17) is 0 Å². The number of carbonyl (C=O) groups excluding carboxylic acids is 1. The second kappa shape index (κ2) is 12.1. The van der Waals surface area contributed by atoms with E-state index in [0.29, 0.717) is 25.0 Å². The fourth-order valence-electron chi connectivity index (χ4n) is 6.46. The van der Waals surface area contributed by atoms with Crippen LogP contribution in [0.2, 0.25) is 0 Å². The fraction of sp³-hybridized carbons (Fsp3) is 0.500. The highest BCUT2D eigenvalue weighted by molar-refractivity contribution is 7.16. The van der Waals surface area contributed by atoms with Crippen LogP contribution in [0.25, 0.3) is 0 Å². The maximum Gasteiger partial charge on any atom is 0.255 e. The summed E-state index contributed by atoms with van der Waals surface area (Å²) < 4.78 is 0. The van der Waals surface area contributed by atoms with Gasteiger partial charge < -0.3 is 20.1 Å². The zero-order chi connectivity index (χ0) is 27.5. The summed E-state index contributed by atoms with van der Waals surface area (Å²) in [6.07, 6.45) is 6.19. The van der Waals surface area contributed by atoms with Gasteiger partial charge in [0.15, 0.2) is 0 Å². The summed E-state index contributed by atoms with van der Waals surface area (Å²) in [6.45, 7) is 11.4. The van der Waals surface area contributed by atoms with Gasteiger partial charge in [-0.05, 0) is 82.6 Å². The van der Waals surface area contributed by atoms with Crippen molar-refractivity contribution < 1.29 is 4.79 Å². The molecule has 2 aromatic heterocycles. The molecule has 1 amide bonds. The Morgan fingerprint density at radius 1 is 1.08 bits per heavy atom. The van der Waals surface area contributed by atoms with E-state index in [2.05, 4.69) is 59.4 Å². The summed E-state index contributed by atoms with van der Waals surface area (Å²) in [5, 5.41) is 5.04. The SMILES string of the molecule is CCN(c1sc2c(c1C)C(=O)N(CCc1c(C)cc(C)[nH]c1=O)CC2)C1CCC(NCc2ccccc2)CC1. The van der Waals surface area contributed by atoms with Crippen molar-refractivity contribution >= 4 is 22.2 Å². The molecule has 0 radical (unpaired) electrons. The first kappa shape index (κ1) is 27.7. The number of hydrogen-bond acceptors (Lipinski definition) is 5. The van der Waals surface area contributed by atoms with Gasteiger partial charge in [-0.1, -0.05) is 30.3 Å². The molecule has 1 aromatic carbocycles. The average molecular weight is 547 g/mol. The van der Waals surface area contributed by atoms with E-state index in [0.717, 1.165) is 54.0 Å². The number of thiophene rings is 1. The van der Waals surface area contributed by atoms with E-state index in [9.17, 15) is 9.59 Å². The van der Waals surface area contributed by atoms with Crippen LogP contribution in [0.3, 0.4) is 0 Å². The molecule has 0 saturated heterocycles.